The van der Waals surface area contributed by atoms with Gasteiger partial charge < -0.3 is 19.7 Å². The van der Waals surface area contributed by atoms with Gasteiger partial charge in [-0.2, -0.15) is 0 Å². The molecule has 9 nitrogen and oxygen atoms in total. The number of hydrogen-bond donors (Lipinski definition) is 3. The number of aromatic amines is 1. The third kappa shape index (κ3) is 2.79. The van der Waals surface area contributed by atoms with Crippen molar-refractivity contribution in [3.8, 4) is 0 Å². The number of esters is 1. The predicted octanol–water partition coefficient (Wildman–Crippen LogP) is -2.28. The molecule has 1 unspecified atom stereocenters. The maximum absolute atomic E-state index is 11.6. The Bertz CT molecular complexity index is 607. The van der Waals surface area contributed by atoms with E-state index in [0.717, 1.165) is 16.8 Å². The van der Waals surface area contributed by atoms with Gasteiger partial charge in [0.15, 0.2) is 6.23 Å². The zero-order valence-electron chi connectivity index (χ0n) is 10.6. The van der Waals surface area contributed by atoms with Crippen molar-refractivity contribution in [1.82, 2.24) is 9.55 Å². The third-order valence-electron chi connectivity index (χ3n) is 2.91. The molecule has 0 aliphatic carbocycles. The molecular weight excluding hydrogens is 272 g/mol. The van der Waals surface area contributed by atoms with Crippen molar-refractivity contribution < 1.29 is 24.5 Å². The molecule has 1 saturated heterocycles. The largest absolute Gasteiger partial charge is 0.463 e. The van der Waals surface area contributed by atoms with Gasteiger partial charge in [-0.1, -0.05) is 0 Å². The molecule has 0 spiro atoms. The van der Waals surface area contributed by atoms with Gasteiger partial charge >= 0.3 is 11.7 Å². The van der Waals surface area contributed by atoms with Gasteiger partial charge in [-0.25, -0.2) is 4.79 Å². The van der Waals surface area contributed by atoms with Gasteiger partial charge in [0, 0.05) is 19.2 Å². The summed E-state index contributed by atoms with van der Waals surface area (Å²) < 4.78 is 11.0. The summed E-state index contributed by atoms with van der Waals surface area (Å²) in [5.74, 6) is -0.556. The van der Waals surface area contributed by atoms with Gasteiger partial charge in [0.1, 0.15) is 24.9 Å². The van der Waals surface area contributed by atoms with Crippen LogP contribution in [0.15, 0.2) is 21.9 Å². The highest BCUT2D eigenvalue weighted by Crippen LogP contribution is 2.28. The molecule has 0 amide bonds. The number of hydrogen-bond acceptors (Lipinski definition) is 7. The van der Waals surface area contributed by atoms with Crippen LogP contribution in [0.4, 0.5) is 0 Å². The highest BCUT2D eigenvalue weighted by molar-refractivity contribution is 5.65. The quantitative estimate of drug-likeness (QED) is 0.533. The Kier molecular flexibility index (Phi) is 4.02. The molecule has 110 valence electrons. The van der Waals surface area contributed by atoms with E-state index >= 15 is 0 Å². The molecule has 3 N–H and O–H groups in total. The highest BCUT2D eigenvalue weighted by atomic mass is 16.6. The molecule has 0 bridgehead atoms. The Morgan fingerprint density at radius 1 is 1.45 bits per heavy atom. The lowest BCUT2D eigenvalue weighted by molar-refractivity contribution is -0.147. The zero-order chi connectivity index (χ0) is 14.9. The third-order valence-corrected chi connectivity index (χ3v) is 2.91. The van der Waals surface area contributed by atoms with Crippen LogP contribution >= 0.6 is 0 Å². The van der Waals surface area contributed by atoms with Crippen LogP contribution in [0.1, 0.15) is 13.2 Å². The van der Waals surface area contributed by atoms with Crippen LogP contribution < -0.4 is 11.2 Å². The van der Waals surface area contributed by atoms with E-state index in [-0.39, 0.29) is 6.61 Å². The van der Waals surface area contributed by atoms with Crippen LogP contribution in [0, 0.1) is 0 Å². The molecule has 2 rings (SSSR count). The molecule has 0 saturated carbocycles. The molecule has 0 aromatic carbocycles. The lowest BCUT2D eigenvalue weighted by Crippen LogP contribution is -2.37. The lowest BCUT2D eigenvalue weighted by atomic mass is 10.1. The van der Waals surface area contributed by atoms with Crippen molar-refractivity contribution >= 4 is 5.97 Å². The fraction of sp³-hybridized carbons (Fsp3) is 0.545. The average molecular weight is 286 g/mol. The summed E-state index contributed by atoms with van der Waals surface area (Å²) in [5.41, 5.74) is -1.36. The van der Waals surface area contributed by atoms with E-state index in [0.29, 0.717) is 0 Å². The van der Waals surface area contributed by atoms with Crippen LogP contribution in [0.5, 0.6) is 0 Å². The normalized spacial score (nSPS) is 29.4. The van der Waals surface area contributed by atoms with Crippen molar-refractivity contribution in [3.05, 3.63) is 33.1 Å². The molecular formula is C11H14N2O7. The first-order chi connectivity index (χ1) is 9.40. The number of carbonyl (C=O) groups is 1. The number of rotatable bonds is 3. The maximum atomic E-state index is 11.6. The molecule has 1 aromatic heterocycles. The molecule has 1 aliphatic rings. The summed E-state index contributed by atoms with van der Waals surface area (Å²) in [4.78, 5) is 35.3. The summed E-state index contributed by atoms with van der Waals surface area (Å²) in [6.07, 6.45) is -3.69. The Balaban J connectivity index is 2.19. The minimum Gasteiger partial charge on any atom is -0.463 e. The van der Waals surface area contributed by atoms with Crippen LogP contribution in [0.2, 0.25) is 0 Å². The van der Waals surface area contributed by atoms with E-state index in [4.69, 9.17) is 9.47 Å². The SMILES string of the molecule is CC(=O)OC[C@H]1O[C@@H](n2ccc(=O)[nH]c2=O)C(O)[C@@H]1O. The van der Waals surface area contributed by atoms with E-state index in [1.54, 1.807) is 0 Å². The minimum atomic E-state index is -1.39. The molecule has 1 aliphatic heterocycles. The topological polar surface area (TPSA) is 131 Å². The fourth-order valence-electron chi connectivity index (χ4n) is 1.92. The van der Waals surface area contributed by atoms with Gasteiger partial charge in [0.05, 0.1) is 0 Å². The number of carbonyl (C=O) groups excluding carboxylic acids is 1. The van der Waals surface area contributed by atoms with Crippen LogP contribution in [-0.4, -0.2) is 50.7 Å². The summed E-state index contributed by atoms with van der Waals surface area (Å²) >= 11 is 0. The van der Waals surface area contributed by atoms with Gasteiger partial charge in [0.2, 0.25) is 0 Å². The Morgan fingerprint density at radius 2 is 2.15 bits per heavy atom. The standard InChI is InChI=1S/C11H14N2O7/c1-5(14)19-4-6-8(16)9(17)10(20-6)13-3-2-7(15)12-11(13)18/h2-3,6,8-10,16-17H,4H2,1H3,(H,12,15,18)/t6-,8-,9?,10-/m1/s1. The highest BCUT2D eigenvalue weighted by Gasteiger charge is 2.44. The van der Waals surface area contributed by atoms with Crippen molar-refractivity contribution in [2.24, 2.45) is 0 Å². The van der Waals surface area contributed by atoms with Crippen molar-refractivity contribution in [3.63, 3.8) is 0 Å². The monoisotopic (exact) mass is 286 g/mol. The molecule has 1 fully saturated rings. The maximum Gasteiger partial charge on any atom is 0.330 e. The number of nitrogens with zero attached hydrogens (tertiary/aromatic N) is 1. The first kappa shape index (κ1) is 14.4. The van der Waals surface area contributed by atoms with Crippen LogP contribution in [-0.2, 0) is 14.3 Å². The first-order valence-corrected chi connectivity index (χ1v) is 5.86. The van der Waals surface area contributed by atoms with Gasteiger partial charge in [0.25, 0.3) is 5.56 Å². The Hall–Kier alpha value is -1.97. The van der Waals surface area contributed by atoms with E-state index in [2.05, 4.69) is 0 Å². The van der Waals surface area contributed by atoms with Gasteiger partial charge in [-0.3, -0.25) is 19.1 Å². The Labute approximate surface area is 112 Å². The van der Waals surface area contributed by atoms with Crippen molar-refractivity contribution in [1.29, 1.82) is 0 Å². The van der Waals surface area contributed by atoms with Crippen molar-refractivity contribution in [2.45, 2.75) is 31.5 Å². The number of aliphatic hydroxyl groups excluding tert-OH is 2. The summed E-state index contributed by atoms with van der Waals surface area (Å²) in [6.45, 7) is 0.948. The zero-order valence-corrected chi connectivity index (χ0v) is 10.6. The summed E-state index contributed by atoms with van der Waals surface area (Å²) in [5, 5.41) is 19.7. The number of aliphatic hydroxyl groups is 2. The predicted molar refractivity (Wildman–Crippen MR) is 63.9 cm³/mol. The average Bonchev–Trinajstić information content (AvgIpc) is 2.64. The number of ether oxygens (including phenoxy) is 2. The number of aromatic nitrogens is 2. The lowest BCUT2D eigenvalue weighted by Gasteiger charge is -2.16. The second kappa shape index (κ2) is 5.57. The molecule has 20 heavy (non-hydrogen) atoms. The smallest absolute Gasteiger partial charge is 0.330 e. The van der Waals surface area contributed by atoms with E-state index in [1.165, 1.54) is 6.92 Å². The number of nitrogens with one attached hydrogen (secondary N) is 1. The molecule has 9 heteroatoms. The van der Waals surface area contributed by atoms with Gasteiger partial charge in [-0.15, -0.1) is 0 Å². The molecule has 2 heterocycles. The number of H-pyrrole nitrogens is 1. The molecule has 1 aromatic rings. The van der Waals surface area contributed by atoms with E-state index in [9.17, 15) is 24.6 Å². The molecule has 0 radical (unpaired) electrons. The van der Waals surface area contributed by atoms with Crippen molar-refractivity contribution in [2.75, 3.05) is 6.61 Å². The summed E-state index contributed by atoms with van der Waals surface area (Å²) in [7, 11) is 0. The van der Waals surface area contributed by atoms with E-state index < -0.39 is 41.8 Å². The second-order valence-electron chi connectivity index (χ2n) is 4.37. The van der Waals surface area contributed by atoms with E-state index in [1.807, 2.05) is 4.98 Å². The van der Waals surface area contributed by atoms with Crippen LogP contribution in [0.3, 0.4) is 0 Å². The van der Waals surface area contributed by atoms with Gasteiger partial charge in [-0.05, 0) is 0 Å². The molecule has 4 atom stereocenters. The summed E-state index contributed by atoms with van der Waals surface area (Å²) in [6, 6.07) is 1.09. The first-order valence-electron chi connectivity index (χ1n) is 5.86. The second-order valence-corrected chi connectivity index (χ2v) is 4.37. The van der Waals surface area contributed by atoms with Crippen LogP contribution in [0.25, 0.3) is 0 Å². The Morgan fingerprint density at radius 3 is 2.75 bits per heavy atom. The fourth-order valence-corrected chi connectivity index (χ4v) is 1.92. The minimum absolute atomic E-state index is 0.248.